The van der Waals surface area contributed by atoms with Gasteiger partial charge >= 0.3 is 10.1 Å². The van der Waals surface area contributed by atoms with Gasteiger partial charge in [-0.25, -0.2) is 4.98 Å². The number of hydrogen-bond donors (Lipinski definition) is 0. The number of nitrogens with zero attached hydrogens (tertiary/aromatic N) is 3. The van der Waals surface area contributed by atoms with Crippen LogP contribution in [0.1, 0.15) is 38.2 Å². The molecule has 0 bridgehead atoms. The molecule has 0 aliphatic rings. The van der Waals surface area contributed by atoms with Crippen molar-refractivity contribution in [1.29, 1.82) is 0 Å². The molecule has 144 valence electrons. The lowest BCUT2D eigenvalue weighted by Gasteiger charge is -2.14. The number of imidazole rings is 1. The smallest absolute Gasteiger partial charge is 0.357 e. The van der Waals surface area contributed by atoms with E-state index in [-0.39, 0.29) is 16.7 Å². The van der Waals surface area contributed by atoms with Crippen molar-refractivity contribution in [2.45, 2.75) is 44.8 Å². The molecule has 0 saturated carbocycles. The van der Waals surface area contributed by atoms with Gasteiger partial charge in [0.2, 0.25) is 0 Å². The SMILES string of the molecule is CCn1c(CN(C)C)nc(C(C)C)c1S(=O)(=O)Oc1cc(Cl)cc(Cl)c1. The van der Waals surface area contributed by atoms with Crippen molar-refractivity contribution in [2.75, 3.05) is 14.1 Å². The van der Waals surface area contributed by atoms with Crippen LogP contribution in [-0.4, -0.2) is 37.0 Å². The highest BCUT2D eigenvalue weighted by Crippen LogP contribution is 2.30. The number of rotatable bonds is 7. The Kier molecular flexibility index (Phi) is 6.60. The maximum atomic E-state index is 13.0. The summed E-state index contributed by atoms with van der Waals surface area (Å²) in [4.78, 5) is 6.51. The molecule has 2 aromatic rings. The van der Waals surface area contributed by atoms with E-state index in [2.05, 4.69) is 4.98 Å². The Balaban J connectivity index is 2.58. The molecule has 0 aliphatic carbocycles. The summed E-state index contributed by atoms with van der Waals surface area (Å²) in [6.07, 6.45) is 0. The third kappa shape index (κ3) is 4.71. The van der Waals surface area contributed by atoms with Gasteiger partial charge in [0.15, 0.2) is 5.03 Å². The summed E-state index contributed by atoms with van der Waals surface area (Å²) in [7, 11) is -0.305. The maximum absolute atomic E-state index is 13.0. The van der Waals surface area contributed by atoms with Gasteiger partial charge in [-0.2, -0.15) is 8.42 Å². The minimum atomic E-state index is -4.12. The zero-order valence-corrected chi connectivity index (χ0v) is 17.8. The van der Waals surface area contributed by atoms with Crippen LogP contribution in [0.4, 0.5) is 0 Å². The first-order valence-corrected chi connectivity index (χ1v) is 10.4. The number of aromatic nitrogens is 2. The van der Waals surface area contributed by atoms with E-state index in [4.69, 9.17) is 27.4 Å². The predicted molar refractivity (Wildman–Crippen MR) is 104 cm³/mol. The molecule has 0 amide bonds. The van der Waals surface area contributed by atoms with Gasteiger partial charge in [-0.15, -0.1) is 0 Å². The third-order valence-electron chi connectivity index (χ3n) is 3.62. The fourth-order valence-electron chi connectivity index (χ4n) is 2.61. The Morgan fingerprint density at radius 3 is 2.23 bits per heavy atom. The van der Waals surface area contributed by atoms with Gasteiger partial charge in [0.25, 0.3) is 0 Å². The summed E-state index contributed by atoms with van der Waals surface area (Å²) >= 11 is 11.9. The van der Waals surface area contributed by atoms with Gasteiger partial charge < -0.3 is 13.7 Å². The molecule has 0 spiro atoms. The molecule has 0 radical (unpaired) electrons. The summed E-state index contributed by atoms with van der Waals surface area (Å²) < 4.78 is 33.1. The molecule has 0 fully saturated rings. The Morgan fingerprint density at radius 1 is 1.19 bits per heavy atom. The maximum Gasteiger partial charge on any atom is 0.357 e. The van der Waals surface area contributed by atoms with Crippen LogP contribution in [0.5, 0.6) is 5.75 Å². The third-order valence-corrected chi connectivity index (χ3v) is 5.38. The summed E-state index contributed by atoms with van der Waals surface area (Å²) in [5, 5.41) is 0.663. The molecule has 0 atom stereocenters. The van der Waals surface area contributed by atoms with E-state index in [9.17, 15) is 8.42 Å². The van der Waals surface area contributed by atoms with Crippen molar-refractivity contribution in [3.8, 4) is 5.75 Å². The van der Waals surface area contributed by atoms with Crippen LogP contribution in [0, 0.1) is 0 Å². The van der Waals surface area contributed by atoms with Crippen LogP contribution in [0.25, 0.3) is 0 Å². The second-order valence-electron chi connectivity index (χ2n) is 6.50. The van der Waals surface area contributed by atoms with E-state index >= 15 is 0 Å². The van der Waals surface area contributed by atoms with Crippen molar-refractivity contribution in [3.05, 3.63) is 39.8 Å². The second-order valence-corrected chi connectivity index (χ2v) is 8.83. The highest BCUT2D eigenvalue weighted by molar-refractivity contribution is 7.87. The van der Waals surface area contributed by atoms with E-state index in [0.717, 1.165) is 0 Å². The van der Waals surface area contributed by atoms with E-state index in [1.807, 2.05) is 39.8 Å². The number of hydrogen-bond acceptors (Lipinski definition) is 5. The Morgan fingerprint density at radius 2 is 1.77 bits per heavy atom. The lowest BCUT2D eigenvalue weighted by Crippen LogP contribution is -2.20. The van der Waals surface area contributed by atoms with Crippen LogP contribution < -0.4 is 4.18 Å². The molecule has 1 aromatic heterocycles. The normalized spacial score (nSPS) is 12.2. The molecule has 1 heterocycles. The summed E-state index contributed by atoms with van der Waals surface area (Å²) in [5.74, 6) is 0.655. The molecule has 6 nitrogen and oxygen atoms in total. The highest BCUT2D eigenvalue weighted by atomic mass is 35.5. The fraction of sp³-hybridized carbons (Fsp3) is 0.471. The summed E-state index contributed by atoms with van der Waals surface area (Å²) in [5.41, 5.74) is 0.483. The van der Waals surface area contributed by atoms with Gasteiger partial charge in [-0.1, -0.05) is 37.0 Å². The van der Waals surface area contributed by atoms with Crippen LogP contribution in [0.15, 0.2) is 23.2 Å². The van der Waals surface area contributed by atoms with Crippen LogP contribution in [0.3, 0.4) is 0 Å². The largest absolute Gasteiger partial charge is 0.378 e. The summed E-state index contributed by atoms with van der Waals surface area (Å²) in [6, 6.07) is 4.33. The number of benzene rings is 1. The first-order valence-electron chi connectivity index (χ1n) is 8.19. The van der Waals surface area contributed by atoms with Gasteiger partial charge in [-0.05, 0) is 33.0 Å². The fourth-order valence-corrected chi connectivity index (χ4v) is 4.59. The Bertz CT molecular complexity index is 873. The molecule has 26 heavy (non-hydrogen) atoms. The summed E-state index contributed by atoms with van der Waals surface area (Å²) in [6.45, 7) is 6.65. The van der Waals surface area contributed by atoms with Crippen LogP contribution in [0.2, 0.25) is 10.0 Å². The molecule has 1 aromatic carbocycles. The zero-order valence-electron chi connectivity index (χ0n) is 15.5. The molecule has 0 saturated heterocycles. The predicted octanol–water partition coefficient (Wildman–Crippen LogP) is 4.16. The minimum Gasteiger partial charge on any atom is -0.378 e. The van der Waals surface area contributed by atoms with Crippen LogP contribution in [-0.2, 0) is 23.2 Å². The average molecular weight is 420 g/mol. The van der Waals surface area contributed by atoms with Crippen molar-refractivity contribution in [3.63, 3.8) is 0 Å². The molecular formula is C17H23Cl2N3O3S. The van der Waals surface area contributed by atoms with E-state index in [1.165, 1.54) is 18.2 Å². The van der Waals surface area contributed by atoms with Gasteiger partial charge in [0.1, 0.15) is 11.6 Å². The molecule has 0 aliphatic heterocycles. The van der Waals surface area contributed by atoms with E-state index in [1.54, 1.807) is 4.57 Å². The second kappa shape index (κ2) is 8.17. The molecule has 0 N–H and O–H groups in total. The van der Waals surface area contributed by atoms with Crippen molar-refractivity contribution >= 4 is 33.3 Å². The first-order chi connectivity index (χ1) is 12.0. The minimum absolute atomic E-state index is 0.0650. The standard InChI is InChI=1S/C17H23Cl2N3O3S/c1-6-22-15(10-21(4)5)20-16(11(2)3)17(22)26(23,24)25-14-8-12(18)7-13(19)9-14/h7-9,11H,6,10H2,1-5H3. The molecule has 9 heteroatoms. The van der Waals surface area contributed by atoms with Crippen molar-refractivity contribution in [2.24, 2.45) is 0 Å². The van der Waals surface area contributed by atoms with E-state index in [0.29, 0.717) is 34.7 Å². The lowest BCUT2D eigenvalue weighted by molar-refractivity contribution is 0.377. The van der Waals surface area contributed by atoms with Crippen molar-refractivity contribution < 1.29 is 12.6 Å². The zero-order chi connectivity index (χ0) is 19.6. The first kappa shape index (κ1) is 21.0. The van der Waals surface area contributed by atoms with Gasteiger partial charge in [0, 0.05) is 28.7 Å². The molecular weight excluding hydrogens is 397 g/mol. The topological polar surface area (TPSA) is 64.4 Å². The lowest BCUT2D eigenvalue weighted by atomic mass is 10.1. The molecule has 2 rings (SSSR count). The Hall–Kier alpha value is -1.28. The molecule has 0 unspecified atom stereocenters. The van der Waals surface area contributed by atoms with Gasteiger partial charge in [0.05, 0.1) is 12.2 Å². The van der Waals surface area contributed by atoms with Crippen molar-refractivity contribution in [1.82, 2.24) is 14.5 Å². The highest BCUT2D eigenvalue weighted by Gasteiger charge is 2.31. The Labute approximate surface area is 164 Å². The van der Waals surface area contributed by atoms with Crippen LogP contribution >= 0.6 is 23.2 Å². The van der Waals surface area contributed by atoms with E-state index < -0.39 is 10.1 Å². The number of halogens is 2. The quantitative estimate of drug-likeness (QED) is 0.630. The average Bonchev–Trinajstić information content (AvgIpc) is 2.84. The van der Waals surface area contributed by atoms with Gasteiger partial charge in [-0.3, -0.25) is 0 Å². The monoisotopic (exact) mass is 419 g/mol.